The van der Waals surface area contributed by atoms with Crippen LogP contribution in [0.3, 0.4) is 0 Å². The normalized spacial score (nSPS) is 12.7. The first-order valence-corrected chi connectivity index (χ1v) is 7.30. The summed E-state index contributed by atoms with van der Waals surface area (Å²) in [5, 5.41) is 0. The van der Waals surface area contributed by atoms with Crippen molar-refractivity contribution in [2.75, 3.05) is 0 Å². The van der Waals surface area contributed by atoms with Crippen molar-refractivity contribution in [2.24, 2.45) is 0 Å². The Morgan fingerprint density at radius 3 is 2.38 bits per heavy atom. The highest BCUT2D eigenvalue weighted by Crippen LogP contribution is 2.36. The van der Waals surface area contributed by atoms with E-state index in [0.29, 0.717) is 0 Å². The Kier molecular flexibility index (Phi) is 4.06. The largest absolute Gasteiger partial charge is 0.127 e. The minimum absolute atomic E-state index is 0.246. The van der Waals surface area contributed by atoms with Gasteiger partial charge in [-0.2, -0.15) is 0 Å². The van der Waals surface area contributed by atoms with Crippen LogP contribution in [0.25, 0.3) is 0 Å². The van der Waals surface area contributed by atoms with Crippen molar-refractivity contribution in [3.63, 3.8) is 0 Å². The van der Waals surface area contributed by atoms with Crippen molar-refractivity contribution >= 4 is 38.9 Å². The molecule has 0 saturated carbocycles. The smallest absolute Gasteiger partial charge is 0.0931 e. The van der Waals surface area contributed by atoms with E-state index in [0.717, 1.165) is 10.8 Å². The first kappa shape index (κ1) is 12.2. The molecule has 0 fully saturated rings. The molecule has 2 rings (SSSR count). The molecule has 84 valence electrons. The van der Waals surface area contributed by atoms with E-state index in [-0.39, 0.29) is 4.83 Å². The highest BCUT2D eigenvalue weighted by molar-refractivity contribution is 9.09. The lowest BCUT2D eigenvalue weighted by molar-refractivity contribution is 1.12. The van der Waals surface area contributed by atoms with Gasteiger partial charge in [0, 0.05) is 4.88 Å². The van der Waals surface area contributed by atoms with Crippen LogP contribution in [0.2, 0.25) is 4.34 Å². The molecule has 1 aromatic carbocycles. The maximum absolute atomic E-state index is 5.94. The molecular formula is C13H12BrClS. The van der Waals surface area contributed by atoms with E-state index in [1.165, 1.54) is 16.0 Å². The maximum atomic E-state index is 5.94. The van der Waals surface area contributed by atoms with Gasteiger partial charge in [0.05, 0.1) is 9.16 Å². The van der Waals surface area contributed by atoms with Gasteiger partial charge >= 0.3 is 0 Å². The van der Waals surface area contributed by atoms with Crippen LogP contribution in [0.5, 0.6) is 0 Å². The summed E-state index contributed by atoms with van der Waals surface area (Å²) >= 11 is 11.3. The highest BCUT2D eigenvalue weighted by atomic mass is 79.9. The summed E-state index contributed by atoms with van der Waals surface area (Å²) < 4.78 is 0.838. The van der Waals surface area contributed by atoms with Crippen molar-refractivity contribution in [1.82, 2.24) is 0 Å². The van der Waals surface area contributed by atoms with Crippen LogP contribution in [-0.2, 0) is 6.42 Å². The lowest BCUT2D eigenvalue weighted by atomic mass is 10.1. The molecule has 0 aliphatic rings. The predicted octanol–water partition coefficient (Wildman–Crippen LogP) is 5.45. The first-order valence-electron chi connectivity index (χ1n) is 5.19. The minimum Gasteiger partial charge on any atom is -0.127 e. The van der Waals surface area contributed by atoms with Gasteiger partial charge in [-0.25, -0.2) is 0 Å². The molecule has 2 aromatic rings. The van der Waals surface area contributed by atoms with Gasteiger partial charge in [-0.15, -0.1) is 11.3 Å². The van der Waals surface area contributed by atoms with Gasteiger partial charge in [0.2, 0.25) is 0 Å². The van der Waals surface area contributed by atoms with Gasteiger partial charge in [-0.1, -0.05) is 58.7 Å². The highest BCUT2D eigenvalue weighted by Gasteiger charge is 2.12. The third-order valence-electron chi connectivity index (χ3n) is 2.52. The first-order chi connectivity index (χ1) is 7.70. The lowest BCUT2D eigenvalue weighted by Crippen LogP contribution is -1.90. The molecule has 0 radical (unpaired) electrons. The summed E-state index contributed by atoms with van der Waals surface area (Å²) in [6.45, 7) is 2.17. The van der Waals surface area contributed by atoms with Crippen molar-refractivity contribution in [1.29, 1.82) is 0 Å². The molecule has 1 heterocycles. The minimum atomic E-state index is 0.246. The van der Waals surface area contributed by atoms with Gasteiger partial charge in [0.1, 0.15) is 0 Å². The number of hydrogen-bond donors (Lipinski definition) is 0. The number of rotatable bonds is 3. The van der Waals surface area contributed by atoms with Crippen LogP contribution in [0.1, 0.15) is 27.8 Å². The van der Waals surface area contributed by atoms with Crippen LogP contribution < -0.4 is 0 Å². The van der Waals surface area contributed by atoms with Gasteiger partial charge < -0.3 is 0 Å². The van der Waals surface area contributed by atoms with E-state index in [2.05, 4.69) is 53.2 Å². The van der Waals surface area contributed by atoms with E-state index < -0.39 is 0 Å². The van der Waals surface area contributed by atoms with E-state index in [4.69, 9.17) is 11.6 Å². The topological polar surface area (TPSA) is 0 Å². The van der Waals surface area contributed by atoms with Gasteiger partial charge in [0.25, 0.3) is 0 Å². The van der Waals surface area contributed by atoms with Crippen molar-refractivity contribution in [2.45, 2.75) is 18.2 Å². The summed E-state index contributed by atoms with van der Waals surface area (Å²) in [4.78, 5) is 1.49. The Balaban J connectivity index is 2.23. The standard InChI is InChI=1S/C13H12BrClS/c1-2-9-3-5-10(6-4-9)13(14)11-7-8-12(15)16-11/h3-8,13H,2H2,1H3. The second kappa shape index (κ2) is 5.35. The number of aryl methyl sites for hydroxylation is 1. The van der Waals surface area contributed by atoms with Crippen LogP contribution in [0, 0.1) is 0 Å². The molecule has 0 aliphatic carbocycles. The van der Waals surface area contributed by atoms with Crippen LogP contribution in [-0.4, -0.2) is 0 Å². The molecule has 1 unspecified atom stereocenters. The Bertz CT molecular complexity index is 461. The zero-order valence-electron chi connectivity index (χ0n) is 8.91. The molecule has 0 spiro atoms. The van der Waals surface area contributed by atoms with E-state index >= 15 is 0 Å². The average Bonchev–Trinajstić information content (AvgIpc) is 2.75. The molecule has 0 amide bonds. The molecule has 3 heteroatoms. The summed E-state index contributed by atoms with van der Waals surface area (Å²) in [5.74, 6) is 0. The van der Waals surface area contributed by atoms with Crippen molar-refractivity contribution in [3.05, 3.63) is 56.7 Å². The molecule has 1 aromatic heterocycles. The zero-order chi connectivity index (χ0) is 11.5. The molecule has 0 saturated heterocycles. The molecule has 0 N–H and O–H groups in total. The fraction of sp³-hybridized carbons (Fsp3) is 0.231. The molecule has 0 bridgehead atoms. The summed E-state index contributed by atoms with van der Waals surface area (Å²) in [5.41, 5.74) is 2.64. The van der Waals surface area contributed by atoms with Gasteiger partial charge in [0.15, 0.2) is 0 Å². The van der Waals surface area contributed by atoms with Crippen molar-refractivity contribution in [3.8, 4) is 0 Å². The molecular weight excluding hydrogens is 304 g/mol. The lowest BCUT2D eigenvalue weighted by Gasteiger charge is -2.08. The van der Waals surface area contributed by atoms with E-state index in [1.54, 1.807) is 11.3 Å². The molecule has 0 nitrogen and oxygen atoms in total. The third kappa shape index (κ3) is 2.68. The summed E-state index contributed by atoms with van der Waals surface area (Å²) in [6, 6.07) is 12.7. The second-order valence-corrected chi connectivity index (χ2v) is 6.26. The maximum Gasteiger partial charge on any atom is 0.0931 e. The fourth-order valence-corrected chi connectivity index (χ4v) is 3.36. The van der Waals surface area contributed by atoms with Crippen molar-refractivity contribution < 1.29 is 0 Å². The monoisotopic (exact) mass is 314 g/mol. The van der Waals surface area contributed by atoms with Crippen LogP contribution in [0.15, 0.2) is 36.4 Å². The zero-order valence-corrected chi connectivity index (χ0v) is 12.1. The fourth-order valence-electron chi connectivity index (χ4n) is 1.55. The van der Waals surface area contributed by atoms with Crippen LogP contribution in [0.4, 0.5) is 0 Å². The molecule has 0 aliphatic heterocycles. The van der Waals surface area contributed by atoms with E-state index in [1.807, 2.05) is 6.07 Å². The SMILES string of the molecule is CCc1ccc(C(Br)c2ccc(Cl)s2)cc1. The molecule has 1 atom stereocenters. The number of benzene rings is 1. The number of alkyl halides is 1. The van der Waals surface area contributed by atoms with Crippen LogP contribution >= 0.6 is 38.9 Å². The average molecular weight is 316 g/mol. The quantitative estimate of drug-likeness (QED) is 0.661. The Morgan fingerprint density at radius 2 is 1.88 bits per heavy atom. The number of hydrogen-bond acceptors (Lipinski definition) is 1. The summed E-state index contributed by atoms with van der Waals surface area (Å²) in [7, 11) is 0. The predicted molar refractivity (Wildman–Crippen MR) is 75.9 cm³/mol. The van der Waals surface area contributed by atoms with Gasteiger partial charge in [-0.3, -0.25) is 0 Å². The number of thiophene rings is 1. The Labute approximate surface area is 113 Å². The van der Waals surface area contributed by atoms with Gasteiger partial charge in [-0.05, 0) is 29.7 Å². The Morgan fingerprint density at radius 1 is 1.19 bits per heavy atom. The molecule has 16 heavy (non-hydrogen) atoms. The van der Waals surface area contributed by atoms with E-state index in [9.17, 15) is 0 Å². The summed E-state index contributed by atoms with van der Waals surface area (Å²) in [6.07, 6.45) is 1.08. The Hall–Kier alpha value is -0.310. The number of halogens is 2. The third-order valence-corrected chi connectivity index (χ3v) is 5.15. The second-order valence-electron chi connectivity index (χ2n) is 3.60.